The number of furan rings is 1. The summed E-state index contributed by atoms with van der Waals surface area (Å²) in [6, 6.07) is 81.1. The van der Waals surface area contributed by atoms with Gasteiger partial charge in [0.1, 0.15) is 11.2 Å². The predicted molar refractivity (Wildman–Crippen MR) is 237 cm³/mol. The van der Waals surface area contributed by atoms with Gasteiger partial charge >= 0.3 is 0 Å². The van der Waals surface area contributed by atoms with Crippen LogP contribution in [-0.4, -0.2) is 0 Å². The summed E-state index contributed by atoms with van der Waals surface area (Å²) in [6.45, 7) is 0. The molecule has 11 rings (SSSR count). The number of hydrogen-bond acceptors (Lipinski definition) is 2. The van der Waals surface area contributed by atoms with Gasteiger partial charge in [0.25, 0.3) is 0 Å². The quantitative estimate of drug-likeness (QED) is 0.163. The maximum Gasteiger partial charge on any atom is 0.143 e. The molecule has 0 unspecified atom stereocenters. The molecule has 1 aliphatic carbocycles. The Bertz CT molecular complexity index is 3000. The van der Waals surface area contributed by atoms with Gasteiger partial charge in [-0.2, -0.15) is 0 Å². The summed E-state index contributed by atoms with van der Waals surface area (Å²) in [5.74, 6) is 0. The number of benzene rings is 9. The summed E-state index contributed by atoms with van der Waals surface area (Å²) >= 11 is 0. The second-order valence-corrected chi connectivity index (χ2v) is 14.8. The standard InChI is InChI=1S/C55H37NO/c1-4-15-41(16-5-1)55(42-17-6-2-7-18-42)51-25-12-10-21-47(51)48-36-35-45(37-52(48)55)56(43-19-8-3-9-20-43)44-33-31-39(32-34-44)38-27-29-40(30-28-38)46-23-14-24-50-49-22-11-13-26-53(49)57-54(46)50/h1-37H. The lowest BCUT2D eigenvalue weighted by atomic mass is 9.67. The molecule has 0 radical (unpaired) electrons. The molecule has 2 nitrogen and oxygen atoms in total. The molecule has 0 aliphatic heterocycles. The fraction of sp³-hybridized carbons (Fsp3) is 0.0182. The average molecular weight is 728 g/mol. The second-order valence-electron chi connectivity index (χ2n) is 14.8. The fourth-order valence-corrected chi connectivity index (χ4v) is 9.22. The van der Waals surface area contributed by atoms with Crippen molar-refractivity contribution in [3.05, 3.63) is 247 Å². The third-order valence-corrected chi connectivity index (χ3v) is 11.8. The first-order valence-corrected chi connectivity index (χ1v) is 19.6. The van der Waals surface area contributed by atoms with Gasteiger partial charge in [0.05, 0.1) is 5.41 Å². The highest BCUT2D eigenvalue weighted by atomic mass is 16.3. The van der Waals surface area contributed by atoms with Crippen LogP contribution >= 0.6 is 0 Å². The van der Waals surface area contributed by atoms with Crippen LogP contribution in [0.4, 0.5) is 17.1 Å². The molecule has 0 spiro atoms. The summed E-state index contributed by atoms with van der Waals surface area (Å²) in [4.78, 5) is 2.38. The molecular weight excluding hydrogens is 691 g/mol. The summed E-state index contributed by atoms with van der Waals surface area (Å²) in [5, 5.41) is 2.29. The van der Waals surface area contributed by atoms with Crippen molar-refractivity contribution in [1.82, 2.24) is 0 Å². The molecule has 0 bridgehead atoms. The van der Waals surface area contributed by atoms with E-state index in [0.29, 0.717) is 0 Å². The van der Waals surface area contributed by atoms with E-state index in [0.717, 1.165) is 55.7 Å². The van der Waals surface area contributed by atoms with E-state index in [-0.39, 0.29) is 0 Å². The Morgan fingerprint density at radius 1 is 0.333 bits per heavy atom. The molecule has 0 atom stereocenters. The number of nitrogens with zero attached hydrogens (tertiary/aromatic N) is 1. The zero-order chi connectivity index (χ0) is 37.8. The van der Waals surface area contributed by atoms with E-state index in [4.69, 9.17) is 4.42 Å². The van der Waals surface area contributed by atoms with E-state index < -0.39 is 5.41 Å². The van der Waals surface area contributed by atoms with Crippen LogP contribution in [0.1, 0.15) is 22.3 Å². The van der Waals surface area contributed by atoms with Gasteiger partial charge in [-0.05, 0) is 92.5 Å². The molecule has 0 saturated heterocycles. The number of fused-ring (bicyclic) bond motifs is 6. The molecule has 268 valence electrons. The molecule has 2 heteroatoms. The highest BCUT2D eigenvalue weighted by molar-refractivity contribution is 6.09. The molecule has 1 heterocycles. The Kier molecular flexibility index (Phi) is 7.75. The molecule has 57 heavy (non-hydrogen) atoms. The molecule has 0 amide bonds. The number of para-hydroxylation sites is 3. The lowest BCUT2D eigenvalue weighted by Gasteiger charge is -2.35. The molecule has 10 aromatic rings. The van der Waals surface area contributed by atoms with Gasteiger partial charge < -0.3 is 9.32 Å². The van der Waals surface area contributed by atoms with E-state index >= 15 is 0 Å². The van der Waals surface area contributed by atoms with Gasteiger partial charge in [-0.15, -0.1) is 0 Å². The van der Waals surface area contributed by atoms with Crippen molar-refractivity contribution in [2.24, 2.45) is 0 Å². The molecule has 0 N–H and O–H groups in total. The maximum absolute atomic E-state index is 6.35. The Morgan fingerprint density at radius 2 is 0.842 bits per heavy atom. The largest absolute Gasteiger partial charge is 0.455 e. The highest BCUT2D eigenvalue weighted by Gasteiger charge is 2.46. The van der Waals surface area contributed by atoms with Crippen LogP contribution in [0.15, 0.2) is 229 Å². The van der Waals surface area contributed by atoms with Gasteiger partial charge in [-0.25, -0.2) is 0 Å². The van der Waals surface area contributed by atoms with Crippen LogP contribution in [0.2, 0.25) is 0 Å². The van der Waals surface area contributed by atoms with Gasteiger partial charge in [0, 0.05) is 33.4 Å². The monoisotopic (exact) mass is 727 g/mol. The average Bonchev–Trinajstić information content (AvgIpc) is 3.82. The molecular formula is C55H37NO. The van der Waals surface area contributed by atoms with Crippen molar-refractivity contribution in [2.45, 2.75) is 5.41 Å². The van der Waals surface area contributed by atoms with Gasteiger partial charge in [0.2, 0.25) is 0 Å². The smallest absolute Gasteiger partial charge is 0.143 e. The Morgan fingerprint density at radius 3 is 1.56 bits per heavy atom. The maximum atomic E-state index is 6.35. The van der Waals surface area contributed by atoms with Crippen LogP contribution in [-0.2, 0) is 5.41 Å². The fourth-order valence-electron chi connectivity index (χ4n) is 9.22. The minimum absolute atomic E-state index is 0.473. The van der Waals surface area contributed by atoms with Crippen molar-refractivity contribution >= 4 is 39.0 Å². The normalized spacial score (nSPS) is 12.7. The van der Waals surface area contributed by atoms with Crippen LogP contribution in [0, 0.1) is 0 Å². The SMILES string of the molecule is c1ccc(N(c2ccc(-c3ccc(-c4cccc5c4oc4ccccc45)cc3)cc2)c2ccc3c(c2)C(c2ccccc2)(c2ccccc2)c2ccccc2-3)cc1. The first-order chi connectivity index (χ1) is 28.3. The lowest BCUT2D eigenvalue weighted by Crippen LogP contribution is -2.28. The molecule has 0 fully saturated rings. The second kappa shape index (κ2) is 13.4. The predicted octanol–water partition coefficient (Wildman–Crippen LogP) is 14.8. The third-order valence-electron chi connectivity index (χ3n) is 11.8. The van der Waals surface area contributed by atoms with E-state index in [9.17, 15) is 0 Å². The van der Waals surface area contributed by atoms with Crippen molar-refractivity contribution in [2.75, 3.05) is 4.90 Å². The van der Waals surface area contributed by atoms with Crippen molar-refractivity contribution < 1.29 is 4.42 Å². The van der Waals surface area contributed by atoms with Gasteiger partial charge in [0.15, 0.2) is 0 Å². The zero-order valence-corrected chi connectivity index (χ0v) is 31.2. The number of rotatable bonds is 7. The van der Waals surface area contributed by atoms with Gasteiger partial charge in [-0.3, -0.25) is 0 Å². The van der Waals surface area contributed by atoms with Crippen molar-refractivity contribution in [3.8, 4) is 33.4 Å². The first kappa shape index (κ1) is 33.0. The Labute approximate surface area is 332 Å². The molecule has 1 aliphatic rings. The molecule has 0 saturated carbocycles. The molecule has 9 aromatic carbocycles. The van der Waals surface area contributed by atoms with Crippen LogP contribution in [0.3, 0.4) is 0 Å². The Hall–Kier alpha value is -7.42. The van der Waals surface area contributed by atoms with Gasteiger partial charge in [-0.1, -0.05) is 182 Å². The van der Waals surface area contributed by atoms with Crippen LogP contribution in [0.5, 0.6) is 0 Å². The minimum Gasteiger partial charge on any atom is -0.455 e. The molecule has 1 aromatic heterocycles. The minimum atomic E-state index is -0.473. The summed E-state index contributed by atoms with van der Waals surface area (Å²) in [7, 11) is 0. The topological polar surface area (TPSA) is 16.4 Å². The van der Waals surface area contributed by atoms with E-state index in [1.807, 2.05) is 12.1 Å². The van der Waals surface area contributed by atoms with Crippen LogP contribution < -0.4 is 4.90 Å². The third kappa shape index (κ3) is 5.26. The van der Waals surface area contributed by atoms with Crippen molar-refractivity contribution in [1.29, 1.82) is 0 Å². The highest BCUT2D eigenvalue weighted by Crippen LogP contribution is 2.57. The van der Waals surface area contributed by atoms with E-state index in [1.54, 1.807) is 0 Å². The van der Waals surface area contributed by atoms with E-state index in [1.165, 1.54) is 38.9 Å². The summed E-state index contributed by atoms with van der Waals surface area (Å²) in [5.41, 5.74) is 16.9. The van der Waals surface area contributed by atoms with E-state index in [2.05, 4.69) is 217 Å². The first-order valence-electron chi connectivity index (χ1n) is 19.6. The number of anilines is 3. The number of hydrogen-bond donors (Lipinski definition) is 0. The van der Waals surface area contributed by atoms with Crippen molar-refractivity contribution in [3.63, 3.8) is 0 Å². The zero-order valence-electron chi connectivity index (χ0n) is 31.2. The Balaban J connectivity index is 1.00. The lowest BCUT2D eigenvalue weighted by molar-refractivity contribution is 0.670. The summed E-state index contributed by atoms with van der Waals surface area (Å²) in [6.07, 6.45) is 0. The van der Waals surface area contributed by atoms with Crippen LogP contribution in [0.25, 0.3) is 55.3 Å². The summed E-state index contributed by atoms with van der Waals surface area (Å²) < 4.78 is 6.35.